The van der Waals surface area contributed by atoms with Gasteiger partial charge >= 0.3 is 5.97 Å². The molecule has 0 spiro atoms. The number of hydrogen-bond acceptors (Lipinski definition) is 3. The van der Waals surface area contributed by atoms with Gasteiger partial charge in [0.1, 0.15) is 5.60 Å². The van der Waals surface area contributed by atoms with Crippen molar-refractivity contribution >= 4 is 29.2 Å². The van der Waals surface area contributed by atoms with Crippen molar-refractivity contribution in [1.82, 2.24) is 0 Å². The Kier molecular flexibility index (Phi) is 7.92. The predicted octanol–water partition coefficient (Wildman–Crippen LogP) is 6.78. The lowest BCUT2D eigenvalue weighted by atomic mass is 9.81. The van der Waals surface area contributed by atoms with Crippen LogP contribution in [0.15, 0.2) is 48.5 Å². The molecule has 28 heavy (non-hydrogen) atoms. The van der Waals surface area contributed by atoms with Crippen LogP contribution < -0.4 is 0 Å². The van der Waals surface area contributed by atoms with Gasteiger partial charge in [-0.3, -0.25) is 4.79 Å². The molecule has 3 nitrogen and oxygen atoms in total. The third-order valence-electron chi connectivity index (χ3n) is 5.44. The minimum atomic E-state index is -0.997. The van der Waals surface area contributed by atoms with Crippen LogP contribution in [0.1, 0.15) is 57.1 Å². The molecule has 2 aromatic carbocycles. The molecule has 0 aliphatic carbocycles. The molecule has 0 aromatic heterocycles. The molecule has 2 atom stereocenters. The average molecular weight is 418 g/mol. The highest BCUT2D eigenvalue weighted by Gasteiger charge is 2.37. The number of carbonyl (C=O) groups is 1. The van der Waals surface area contributed by atoms with E-state index in [1.807, 2.05) is 51.1 Å². The molecule has 0 aliphatic rings. The minimum Gasteiger partial charge on any atom is -0.458 e. The maximum absolute atomic E-state index is 13.1. The van der Waals surface area contributed by atoms with Crippen molar-refractivity contribution in [1.29, 1.82) is 5.26 Å². The van der Waals surface area contributed by atoms with E-state index < -0.39 is 23.4 Å². The van der Waals surface area contributed by atoms with Gasteiger partial charge in [-0.25, -0.2) is 0 Å². The molecule has 0 saturated heterocycles. The average Bonchev–Trinajstić information content (AvgIpc) is 2.73. The summed E-state index contributed by atoms with van der Waals surface area (Å²) in [5, 5.41) is 10.7. The largest absolute Gasteiger partial charge is 0.458 e. The highest BCUT2D eigenvalue weighted by molar-refractivity contribution is 6.42. The Morgan fingerprint density at radius 2 is 1.61 bits per heavy atom. The van der Waals surface area contributed by atoms with Crippen LogP contribution in [0.2, 0.25) is 10.0 Å². The lowest BCUT2D eigenvalue weighted by Gasteiger charge is -2.32. The molecule has 148 valence electrons. The van der Waals surface area contributed by atoms with Crippen LogP contribution in [-0.2, 0) is 9.53 Å². The summed E-state index contributed by atoms with van der Waals surface area (Å²) in [5.41, 5.74) is 1.05. The summed E-state index contributed by atoms with van der Waals surface area (Å²) in [6, 6.07) is 16.8. The SMILES string of the molecule is CCC(CC)(CC)OC(=O)C(C#N)[C@H](c1ccccc1)c1ccc(Cl)c(Cl)c1. The van der Waals surface area contributed by atoms with Crippen LogP contribution in [0.5, 0.6) is 0 Å². The van der Waals surface area contributed by atoms with Gasteiger partial charge in [-0.05, 0) is 42.5 Å². The van der Waals surface area contributed by atoms with Gasteiger partial charge in [0.05, 0.1) is 16.1 Å². The standard InChI is InChI=1S/C23H25Cl2NO2/c1-4-23(5-2,6-3)28-22(27)18(15-26)21(16-10-8-7-9-11-16)17-12-13-19(24)20(25)14-17/h7-14,18,21H,4-6H2,1-3H3/t18?,21-/m1/s1. The van der Waals surface area contributed by atoms with Crippen molar-refractivity contribution in [3.8, 4) is 6.07 Å². The van der Waals surface area contributed by atoms with E-state index in [0.29, 0.717) is 29.3 Å². The predicted molar refractivity (Wildman–Crippen MR) is 114 cm³/mol. The Morgan fingerprint density at radius 1 is 1.00 bits per heavy atom. The number of esters is 1. The summed E-state index contributed by atoms with van der Waals surface area (Å²) in [7, 11) is 0. The van der Waals surface area contributed by atoms with Gasteiger partial charge in [-0.15, -0.1) is 0 Å². The fraction of sp³-hybridized carbons (Fsp3) is 0.391. The van der Waals surface area contributed by atoms with E-state index in [9.17, 15) is 10.1 Å². The highest BCUT2D eigenvalue weighted by atomic mass is 35.5. The second kappa shape index (κ2) is 9.96. The zero-order valence-electron chi connectivity index (χ0n) is 16.4. The van der Waals surface area contributed by atoms with Gasteiger partial charge in [0, 0.05) is 5.92 Å². The summed E-state index contributed by atoms with van der Waals surface area (Å²) in [4.78, 5) is 13.1. The van der Waals surface area contributed by atoms with Crippen molar-refractivity contribution in [2.24, 2.45) is 5.92 Å². The Balaban J connectivity index is 2.50. The third-order valence-corrected chi connectivity index (χ3v) is 6.18. The summed E-state index contributed by atoms with van der Waals surface area (Å²) in [6.45, 7) is 5.99. The lowest BCUT2D eigenvalue weighted by Crippen LogP contribution is -2.37. The van der Waals surface area contributed by atoms with Crippen molar-refractivity contribution in [3.63, 3.8) is 0 Å². The molecule has 1 unspecified atom stereocenters. The second-order valence-corrected chi connectivity index (χ2v) is 7.65. The fourth-order valence-electron chi connectivity index (χ4n) is 3.45. The van der Waals surface area contributed by atoms with Crippen LogP contribution in [-0.4, -0.2) is 11.6 Å². The van der Waals surface area contributed by atoms with Crippen LogP contribution in [0.25, 0.3) is 0 Å². The Morgan fingerprint density at radius 3 is 2.11 bits per heavy atom. The van der Waals surface area contributed by atoms with Crippen LogP contribution in [0.4, 0.5) is 0 Å². The monoisotopic (exact) mass is 417 g/mol. The molecule has 0 bridgehead atoms. The molecular formula is C23H25Cl2NO2. The lowest BCUT2D eigenvalue weighted by molar-refractivity contribution is -0.164. The number of halogens is 2. The zero-order chi connectivity index (χ0) is 20.7. The quantitative estimate of drug-likeness (QED) is 0.444. The smallest absolute Gasteiger partial charge is 0.324 e. The van der Waals surface area contributed by atoms with E-state index in [2.05, 4.69) is 6.07 Å². The molecule has 0 radical (unpaired) electrons. The highest BCUT2D eigenvalue weighted by Crippen LogP contribution is 2.37. The second-order valence-electron chi connectivity index (χ2n) is 6.83. The van der Waals surface area contributed by atoms with E-state index in [0.717, 1.165) is 11.1 Å². The van der Waals surface area contributed by atoms with Gasteiger partial charge in [-0.2, -0.15) is 5.26 Å². The van der Waals surface area contributed by atoms with Crippen molar-refractivity contribution in [2.45, 2.75) is 51.6 Å². The minimum absolute atomic E-state index is 0.384. The van der Waals surface area contributed by atoms with Crippen molar-refractivity contribution < 1.29 is 9.53 Å². The molecule has 5 heteroatoms. The maximum Gasteiger partial charge on any atom is 0.324 e. The number of rotatable bonds is 8. The van der Waals surface area contributed by atoms with E-state index in [1.165, 1.54) is 0 Å². The topological polar surface area (TPSA) is 50.1 Å². The fourth-order valence-corrected chi connectivity index (χ4v) is 3.76. The molecule has 0 aliphatic heterocycles. The first-order valence-electron chi connectivity index (χ1n) is 9.53. The Bertz CT molecular complexity index is 833. The Hall–Kier alpha value is -2.02. The van der Waals surface area contributed by atoms with E-state index >= 15 is 0 Å². The number of carbonyl (C=O) groups excluding carboxylic acids is 1. The molecule has 0 saturated carbocycles. The first-order valence-corrected chi connectivity index (χ1v) is 10.3. The first-order chi connectivity index (χ1) is 13.4. The van der Waals surface area contributed by atoms with Gasteiger partial charge < -0.3 is 4.74 Å². The first kappa shape index (κ1) is 22.3. The van der Waals surface area contributed by atoms with Gasteiger partial charge in [0.2, 0.25) is 0 Å². The van der Waals surface area contributed by atoms with E-state index in [-0.39, 0.29) is 0 Å². The number of hydrogen-bond donors (Lipinski definition) is 0. The summed E-state index contributed by atoms with van der Waals surface area (Å²) in [5.74, 6) is -2.01. The van der Waals surface area contributed by atoms with Crippen molar-refractivity contribution in [2.75, 3.05) is 0 Å². The maximum atomic E-state index is 13.1. The summed E-state index contributed by atoms with van der Waals surface area (Å²) >= 11 is 12.3. The van der Waals surface area contributed by atoms with Gasteiger partial charge in [0.15, 0.2) is 5.92 Å². The van der Waals surface area contributed by atoms with E-state index in [4.69, 9.17) is 27.9 Å². The van der Waals surface area contributed by atoms with Crippen LogP contribution in [0, 0.1) is 17.2 Å². The Labute approximate surface area is 177 Å². The summed E-state index contributed by atoms with van der Waals surface area (Å²) < 4.78 is 5.90. The molecular weight excluding hydrogens is 393 g/mol. The number of nitriles is 1. The number of nitrogens with zero attached hydrogens (tertiary/aromatic N) is 1. The van der Waals surface area contributed by atoms with Crippen LogP contribution >= 0.6 is 23.2 Å². The van der Waals surface area contributed by atoms with Gasteiger partial charge in [-0.1, -0.05) is 80.4 Å². The molecule has 2 rings (SSSR count). The van der Waals surface area contributed by atoms with E-state index in [1.54, 1.807) is 18.2 Å². The molecule has 0 heterocycles. The summed E-state index contributed by atoms with van der Waals surface area (Å²) in [6.07, 6.45) is 2.10. The molecule has 0 N–H and O–H groups in total. The number of ether oxygens (including phenoxy) is 1. The number of benzene rings is 2. The third kappa shape index (κ3) is 4.87. The van der Waals surface area contributed by atoms with Crippen molar-refractivity contribution in [3.05, 3.63) is 69.7 Å². The molecule has 2 aromatic rings. The van der Waals surface area contributed by atoms with Gasteiger partial charge in [0.25, 0.3) is 0 Å². The zero-order valence-corrected chi connectivity index (χ0v) is 17.9. The van der Waals surface area contributed by atoms with Crippen LogP contribution in [0.3, 0.4) is 0 Å². The molecule has 0 amide bonds. The normalized spacial score (nSPS) is 13.4. The molecule has 0 fully saturated rings.